The molecule has 1 atom stereocenters. The van der Waals surface area contributed by atoms with Crippen LogP contribution in [0.3, 0.4) is 0 Å². The van der Waals surface area contributed by atoms with Gasteiger partial charge >= 0.3 is 6.09 Å². The van der Waals surface area contributed by atoms with Crippen molar-refractivity contribution in [2.45, 2.75) is 58.6 Å². The molecule has 5 nitrogen and oxygen atoms in total. The van der Waals surface area contributed by atoms with Crippen molar-refractivity contribution >= 4 is 6.09 Å². The van der Waals surface area contributed by atoms with Gasteiger partial charge in [0.2, 0.25) is 0 Å². The first-order chi connectivity index (χ1) is 11.2. The van der Waals surface area contributed by atoms with Crippen LogP contribution in [0.5, 0.6) is 5.75 Å². The molecule has 0 bridgehead atoms. The van der Waals surface area contributed by atoms with Crippen molar-refractivity contribution in [3.8, 4) is 5.75 Å². The largest absolute Gasteiger partial charge is 0.491 e. The molecule has 0 aromatic heterocycles. The van der Waals surface area contributed by atoms with Crippen molar-refractivity contribution in [2.24, 2.45) is 0 Å². The highest BCUT2D eigenvalue weighted by Crippen LogP contribution is 2.22. The monoisotopic (exact) mass is 341 g/mol. The lowest BCUT2D eigenvalue weighted by atomic mass is 10.0. The van der Waals surface area contributed by atoms with Crippen molar-refractivity contribution in [3.63, 3.8) is 0 Å². The number of alkyl carbamates (subject to hydrolysis) is 1. The normalized spacial score (nSPS) is 12.6. The zero-order valence-corrected chi connectivity index (χ0v) is 14.9. The van der Waals surface area contributed by atoms with E-state index in [9.17, 15) is 9.18 Å². The fourth-order valence-electron chi connectivity index (χ4n) is 2.22. The summed E-state index contributed by atoms with van der Waals surface area (Å²) in [6, 6.07) is 4.23. The van der Waals surface area contributed by atoms with Crippen molar-refractivity contribution in [1.82, 2.24) is 5.32 Å². The number of amides is 1. The number of aryl methyl sites for hydroxylation is 1. The summed E-state index contributed by atoms with van der Waals surface area (Å²) in [6.07, 6.45) is 1.47. The van der Waals surface area contributed by atoms with Gasteiger partial charge in [-0.25, -0.2) is 9.18 Å². The molecule has 0 saturated carbocycles. The molecule has 0 fully saturated rings. The first-order valence-electron chi connectivity index (χ1n) is 8.26. The molecule has 1 aromatic rings. The van der Waals surface area contributed by atoms with Crippen LogP contribution in [0.25, 0.3) is 0 Å². The molecule has 6 heteroatoms. The third kappa shape index (κ3) is 7.64. The fraction of sp³-hybridized carbons (Fsp3) is 0.611. The zero-order chi connectivity index (χ0) is 18.2. The summed E-state index contributed by atoms with van der Waals surface area (Å²) >= 11 is 0. The highest BCUT2D eigenvalue weighted by molar-refractivity contribution is 5.68. The highest BCUT2D eigenvalue weighted by atomic mass is 19.1. The number of ether oxygens (including phenoxy) is 2. The van der Waals surface area contributed by atoms with Gasteiger partial charge in [-0.15, -0.1) is 0 Å². The first-order valence-corrected chi connectivity index (χ1v) is 8.26. The molecule has 0 spiro atoms. The molecular weight excluding hydrogens is 313 g/mol. The molecule has 1 amide bonds. The van der Waals surface area contributed by atoms with E-state index in [0.29, 0.717) is 24.2 Å². The second-order valence-electron chi connectivity index (χ2n) is 6.61. The number of hydrogen-bond donors (Lipinski definition) is 2. The Morgan fingerprint density at radius 3 is 2.67 bits per heavy atom. The maximum absolute atomic E-state index is 13.5. The summed E-state index contributed by atoms with van der Waals surface area (Å²) in [4.78, 5) is 11.9. The van der Waals surface area contributed by atoms with Crippen LogP contribution in [0, 0.1) is 5.82 Å². The number of benzene rings is 1. The van der Waals surface area contributed by atoms with Gasteiger partial charge in [-0.3, -0.25) is 0 Å². The predicted octanol–water partition coefficient (Wildman–Crippen LogP) is 3.43. The minimum absolute atomic E-state index is 0.0752. The van der Waals surface area contributed by atoms with Gasteiger partial charge < -0.3 is 19.9 Å². The number of nitrogens with one attached hydrogen (secondary N) is 1. The van der Waals surface area contributed by atoms with Crippen LogP contribution in [0.15, 0.2) is 18.2 Å². The first kappa shape index (κ1) is 20.2. The lowest BCUT2D eigenvalue weighted by molar-refractivity contribution is 0.0500. The Morgan fingerprint density at radius 2 is 2.08 bits per heavy atom. The van der Waals surface area contributed by atoms with Crippen LogP contribution in [0.1, 0.15) is 46.1 Å². The summed E-state index contributed by atoms with van der Waals surface area (Å²) < 4.78 is 24.2. The summed E-state index contributed by atoms with van der Waals surface area (Å²) in [6.45, 7) is 7.46. The van der Waals surface area contributed by atoms with E-state index < -0.39 is 11.7 Å². The zero-order valence-electron chi connectivity index (χ0n) is 14.9. The van der Waals surface area contributed by atoms with Crippen molar-refractivity contribution < 1.29 is 23.8 Å². The van der Waals surface area contributed by atoms with E-state index in [2.05, 4.69) is 5.32 Å². The van der Waals surface area contributed by atoms with E-state index in [-0.39, 0.29) is 25.1 Å². The van der Waals surface area contributed by atoms with Gasteiger partial charge in [0.1, 0.15) is 23.8 Å². The number of hydrogen-bond acceptors (Lipinski definition) is 4. The minimum Gasteiger partial charge on any atom is -0.491 e. The topological polar surface area (TPSA) is 67.8 Å². The molecule has 0 aliphatic rings. The van der Waals surface area contributed by atoms with E-state index in [1.807, 2.05) is 27.7 Å². The average Bonchev–Trinajstić information content (AvgIpc) is 2.48. The molecule has 0 aliphatic heterocycles. The van der Waals surface area contributed by atoms with E-state index >= 15 is 0 Å². The molecule has 0 radical (unpaired) electrons. The van der Waals surface area contributed by atoms with Gasteiger partial charge in [-0.1, -0.05) is 6.92 Å². The second-order valence-corrected chi connectivity index (χ2v) is 6.61. The number of aliphatic hydroxyl groups is 1. The maximum atomic E-state index is 13.5. The lowest BCUT2D eigenvalue weighted by Gasteiger charge is -2.23. The molecule has 0 saturated heterocycles. The number of carbonyl (C=O) groups is 1. The van der Waals surface area contributed by atoms with Gasteiger partial charge in [0.25, 0.3) is 0 Å². The van der Waals surface area contributed by atoms with Crippen LogP contribution in [-0.4, -0.2) is 36.1 Å². The molecule has 0 aliphatic carbocycles. The number of rotatable bonds is 8. The van der Waals surface area contributed by atoms with Crippen molar-refractivity contribution in [2.75, 3.05) is 13.2 Å². The summed E-state index contributed by atoms with van der Waals surface area (Å²) in [5, 5.41) is 11.7. The van der Waals surface area contributed by atoms with Gasteiger partial charge in [-0.05, 0) is 63.8 Å². The predicted molar refractivity (Wildman–Crippen MR) is 90.8 cm³/mol. The Hall–Kier alpha value is -1.82. The molecule has 136 valence electrons. The summed E-state index contributed by atoms with van der Waals surface area (Å²) in [5.74, 6) is 0.215. The fourth-order valence-corrected chi connectivity index (χ4v) is 2.22. The molecule has 24 heavy (non-hydrogen) atoms. The second kappa shape index (κ2) is 9.47. The highest BCUT2D eigenvalue weighted by Gasteiger charge is 2.19. The minimum atomic E-state index is -0.545. The third-order valence-corrected chi connectivity index (χ3v) is 3.35. The Labute approximate surface area is 143 Å². The smallest absolute Gasteiger partial charge is 0.407 e. The van der Waals surface area contributed by atoms with Crippen LogP contribution in [0.2, 0.25) is 0 Å². The van der Waals surface area contributed by atoms with E-state index in [0.717, 1.165) is 6.42 Å². The summed E-state index contributed by atoms with van der Waals surface area (Å²) in [5.41, 5.74) is 0.170. The molecule has 1 aromatic carbocycles. The quantitative estimate of drug-likeness (QED) is 0.760. The van der Waals surface area contributed by atoms with Crippen LogP contribution < -0.4 is 10.1 Å². The Balaban J connectivity index is 2.65. The molecular formula is C18H28FNO4. The standard InChI is InChI=1S/C18H28FNO4/c1-5-15(20-17(22)24-18(2,3)4)8-6-13-12-14(19)7-9-16(13)23-11-10-21/h7,9,12,15,21H,5-6,8,10-11H2,1-4H3,(H,20,22). The molecule has 1 unspecified atom stereocenters. The average molecular weight is 341 g/mol. The van der Waals surface area contributed by atoms with Crippen LogP contribution in [0.4, 0.5) is 9.18 Å². The number of carbonyl (C=O) groups excluding carboxylic acids is 1. The summed E-state index contributed by atoms with van der Waals surface area (Å²) in [7, 11) is 0. The SMILES string of the molecule is CCC(CCc1cc(F)ccc1OCCO)NC(=O)OC(C)(C)C. The van der Waals surface area contributed by atoms with Crippen LogP contribution in [-0.2, 0) is 11.2 Å². The Kier molecular flexibility index (Phi) is 7.98. The van der Waals surface area contributed by atoms with E-state index in [1.165, 1.54) is 12.1 Å². The Bertz CT molecular complexity index is 528. The number of halogens is 1. The Morgan fingerprint density at radius 1 is 1.38 bits per heavy atom. The third-order valence-electron chi connectivity index (χ3n) is 3.35. The van der Waals surface area contributed by atoms with Gasteiger partial charge in [0.15, 0.2) is 0 Å². The van der Waals surface area contributed by atoms with Crippen LogP contribution >= 0.6 is 0 Å². The van der Waals surface area contributed by atoms with Gasteiger partial charge in [0, 0.05) is 6.04 Å². The van der Waals surface area contributed by atoms with Gasteiger partial charge in [0.05, 0.1) is 6.61 Å². The maximum Gasteiger partial charge on any atom is 0.407 e. The lowest BCUT2D eigenvalue weighted by Crippen LogP contribution is -2.39. The van der Waals surface area contributed by atoms with E-state index in [1.54, 1.807) is 6.07 Å². The van der Waals surface area contributed by atoms with Crippen molar-refractivity contribution in [1.29, 1.82) is 0 Å². The van der Waals surface area contributed by atoms with Crippen molar-refractivity contribution in [3.05, 3.63) is 29.6 Å². The molecule has 0 heterocycles. The number of aliphatic hydroxyl groups excluding tert-OH is 1. The van der Waals surface area contributed by atoms with Gasteiger partial charge in [-0.2, -0.15) is 0 Å². The molecule has 1 rings (SSSR count). The molecule has 2 N–H and O–H groups in total. The van der Waals surface area contributed by atoms with E-state index in [4.69, 9.17) is 14.6 Å².